The van der Waals surface area contributed by atoms with E-state index in [-0.39, 0.29) is 30.4 Å². The number of ketones is 1. The molecule has 5 nitrogen and oxygen atoms in total. The number of benzene rings is 2. The van der Waals surface area contributed by atoms with E-state index in [0.29, 0.717) is 13.0 Å². The lowest BCUT2D eigenvalue weighted by Crippen LogP contribution is -2.51. The molecule has 1 aliphatic rings. The Balaban J connectivity index is 1.73. The first-order valence-electron chi connectivity index (χ1n) is 9.69. The highest BCUT2D eigenvalue weighted by Gasteiger charge is 2.37. The van der Waals surface area contributed by atoms with Crippen molar-refractivity contribution >= 4 is 11.9 Å². The van der Waals surface area contributed by atoms with E-state index < -0.39 is 0 Å². The highest BCUT2D eigenvalue weighted by molar-refractivity contribution is 5.80. The molecule has 1 heterocycles. The van der Waals surface area contributed by atoms with Crippen molar-refractivity contribution in [2.75, 3.05) is 13.7 Å². The lowest BCUT2D eigenvalue weighted by atomic mass is 9.83. The summed E-state index contributed by atoms with van der Waals surface area (Å²) in [4.78, 5) is 26.8. The SMILES string of the molecule is COc1ccc(C[C@H]2[C@@H](C(C)=O)CCCN2C(=O)OCc2ccccc2)cc1. The number of amides is 1. The molecule has 5 heteroatoms. The maximum atomic E-state index is 12.8. The molecule has 0 unspecified atom stereocenters. The van der Waals surface area contributed by atoms with Crippen LogP contribution in [0.15, 0.2) is 54.6 Å². The van der Waals surface area contributed by atoms with Gasteiger partial charge in [0, 0.05) is 18.5 Å². The van der Waals surface area contributed by atoms with Crippen molar-refractivity contribution in [3.05, 3.63) is 65.7 Å². The van der Waals surface area contributed by atoms with E-state index in [9.17, 15) is 9.59 Å². The van der Waals surface area contributed by atoms with Crippen LogP contribution in [-0.4, -0.2) is 36.5 Å². The average molecular weight is 381 g/mol. The summed E-state index contributed by atoms with van der Waals surface area (Å²) in [5, 5.41) is 0. The van der Waals surface area contributed by atoms with Gasteiger partial charge in [-0.3, -0.25) is 4.79 Å². The predicted octanol–water partition coefficient (Wildman–Crippen LogP) is 4.24. The fourth-order valence-corrected chi connectivity index (χ4v) is 3.82. The van der Waals surface area contributed by atoms with Crippen LogP contribution in [0.1, 0.15) is 30.9 Å². The fourth-order valence-electron chi connectivity index (χ4n) is 3.82. The molecule has 1 fully saturated rings. The first-order chi connectivity index (χ1) is 13.6. The van der Waals surface area contributed by atoms with Gasteiger partial charge >= 0.3 is 6.09 Å². The van der Waals surface area contributed by atoms with Gasteiger partial charge in [-0.2, -0.15) is 0 Å². The third-order valence-electron chi connectivity index (χ3n) is 5.34. The Hall–Kier alpha value is -2.82. The van der Waals surface area contributed by atoms with Gasteiger partial charge in [0.25, 0.3) is 0 Å². The maximum absolute atomic E-state index is 12.8. The molecule has 28 heavy (non-hydrogen) atoms. The van der Waals surface area contributed by atoms with Gasteiger partial charge in [0.1, 0.15) is 18.1 Å². The number of hydrogen-bond donors (Lipinski definition) is 0. The Bertz CT molecular complexity index is 788. The van der Waals surface area contributed by atoms with Crippen molar-refractivity contribution in [3.63, 3.8) is 0 Å². The van der Waals surface area contributed by atoms with E-state index in [4.69, 9.17) is 9.47 Å². The molecule has 0 saturated carbocycles. The number of methoxy groups -OCH3 is 1. The number of carbonyl (C=O) groups is 2. The second kappa shape index (κ2) is 9.40. The molecular formula is C23H27NO4. The molecule has 3 rings (SSSR count). The summed E-state index contributed by atoms with van der Waals surface area (Å²) >= 11 is 0. The molecule has 0 N–H and O–H groups in total. The van der Waals surface area contributed by atoms with Gasteiger partial charge < -0.3 is 14.4 Å². The van der Waals surface area contributed by atoms with E-state index >= 15 is 0 Å². The zero-order valence-electron chi connectivity index (χ0n) is 16.5. The standard InChI is InChI=1S/C23H27NO4/c1-17(25)21-9-6-14-24(23(26)28-16-19-7-4-3-5-8-19)22(21)15-18-10-12-20(27-2)13-11-18/h3-5,7-8,10-13,21-22H,6,9,14-16H2,1-2H3/t21-,22+/m1/s1. The number of ether oxygens (including phenoxy) is 2. The Morgan fingerprint density at radius 1 is 1.04 bits per heavy atom. The van der Waals surface area contributed by atoms with Crippen molar-refractivity contribution in [3.8, 4) is 5.75 Å². The molecule has 0 radical (unpaired) electrons. The molecule has 0 bridgehead atoms. The van der Waals surface area contributed by atoms with Crippen molar-refractivity contribution in [2.24, 2.45) is 5.92 Å². The number of piperidine rings is 1. The predicted molar refractivity (Wildman–Crippen MR) is 107 cm³/mol. The van der Waals surface area contributed by atoms with Gasteiger partial charge in [-0.15, -0.1) is 0 Å². The first-order valence-corrected chi connectivity index (χ1v) is 9.69. The van der Waals surface area contributed by atoms with Crippen LogP contribution in [-0.2, 0) is 22.6 Å². The van der Waals surface area contributed by atoms with Crippen LogP contribution in [0.3, 0.4) is 0 Å². The number of carbonyl (C=O) groups excluding carboxylic acids is 2. The molecular weight excluding hydrogens is 354 g/mol. The largest absolute Gasteiger partial charge is 0.497 e. The normalized spacial score (nSPS) is 19.1. The van der Waals surface area contributed by atoms with E-state index in [1.165, 1.54) is 0 Å². The molecule has 1 saturated heterocycles. The van der Waals surface area contributed by atoms with Crippen LogP contribution in [0.4, 0.5) is 4.79 Å². The summed E-state index contributed by atoms with van der Waals surface area (Å²) in [6.45, 7) is 2.46. The third-order valence-corrected chi connectivity index (χ3v) is 5.34. The number of likely N-dealkylation sites (tertiary alicyclic amines) is 1. The van der Waals surface area contributed by atoms with Crippen molar-refractivity contribution in [1.82, 2.24) is 4.90 Å². The Labute approximate surface area is 166 Å². The quantitative estimate of drug-likeness (QED) is 0.751. The number of nitrogens with zero attached hydrogens (tertiary/aromatic N) is 1. The van der Waals surface area contributed by atoms with Crippen molar-refractivity contribution in [2.45, 2.75) is 38.8 Å². The van der Waals surface area contributed by atoms with Crippen LogP contribution in [0.5, 0.6) is 5.75 Å². The monoisotopic (exact) mass is 381 g/mol. The van der Waals surface area contributed by atoms with E-state index in [1.807, 2.05) is 54.6 Å². The second-order valence-corrected chi connectivity index (χ2v) is 7.21. The minimum absolute atomic E-state index is 0.124. The number of Topliss-reactive ketones (excluding diaryl/α,β-unsaturated/α-hetero) is 1. The zero-order valence-corrected chi connectivity index (χ0v) is 16.5. The van der Waals surface area contributed by atoms with Crippen molar-refractivity contribution in [1.29, 1.82) is 0 Å². The lowest BCUT2D eigenvalue weighted by molar-refractivity contribution is -0.124. The van der Waals surface area contributed by atoms with Crippen LogP contribution in [0.2, 0.25) is 0 Å². The first kappa shape index (κ1) is 19.9. The highest BCUT2D eigenvalue weighted by atomic mass is 16.6. The summed E-state index contributed by atoms with van der Waals surface area (Å²) in [6, 6.07) is 17.2. The molecule has 0 aliphatic carbocycles. The van der Waals surface area contributed by atoms with Gasteiger partial charge in [0.05, 0.1) is 7.11 Å². The Kier molecular flexibility index (Phi) is 6.69. The van der Waals surface area contributed by atoms with E-state index in [2.05, 4.69) is 0 Å². The minimum Gasteiger partial charge on any atom is -0.497 e. The van der Waals surface area contributed by atoms with Gasteiger partial charge in [-0.25, -0.2) is 4.79 Å². The molecule has 2 aromatic carbocycles. The Morgan fingerprint density at radius 2 is 1.75 bits per heavy atom. The second-order valence-electron chi connectivity index (χ2n) is 7.21. The van der Waals surface area contributed by atoms with E-state index in [1.54, 1.807) is 18.9 Å². The molecule has 0 spiro atoms. The smallest absolute Gasteiger partial charge is 0.410 e. The van der Waals surface area contributed by atoms with Gasteiger partial charge in [0.2, 0.25) is 0 Å². The summed E-state index contributed by atoms with van der Waals surface area (Å²) in [6.07, 6.45) is 1.88. The summed E-state index contributed by atoms with van der Waals surface area (Å²) in [5.74, 6) is 0.744. The van der Waals surface area contributed by atoms with E-state index in [0.717, 1.165) is 29.7 Å². The molecule has 2 aromatic rings. The zero-order chi connectivity index (χ0) is 19.9. The fraction of sp³-hybridized carbons (Fsp3) is 0.391. The summed E-state index contributed by atoms with van der Waals surface area (Å²) in [7, 11) is 1.63. The van der Waals surface area contributed by atoms with Crippen LogP contribution >= 0.6 is 0 Å². The van der Waals surface area contributed by atoms with Gasteiger partial charge in [-0.05, 0) is 49.4 Å². The van der Waals surface area contributed by atoms with Crippen LogP contribution < -0.4 is 4.74 Å². The topological polar surface area (TPSA) is 55.8 Å². The molecule has 1 aliphatic heterocycles. The third kappa shape index (κ3) is 4.91. The van der Waals surface area contributed by atoms with Crippen LogP contribution in [0, 0.1) is 5.92 Å². The maximum Gasteiger partial charge on any atom is 0.410 e. The van der Waals surface area contributed by atoms with Gasteiger partial charge in [0.15, 0.2) is 0 Å². The van der Waals surface area contributed by atoms with Gasteiger partial charge in [-0.1, -0.05) is 42.5 Å². The average Bonchev–Trinajstić information content (AvgIpc) is 2.73. The molecule has 1 amide bonds. The summed E-state index contributed by atoms with van der Waals surface area (Å²) < 4.78 is 10.8. The highest BCUT2D eigenvalue weighted by Crippen LogP contribution is 2.28. The van der Waals surface area contributed by atoms with Crippen molar-refractivity contribution < 1.29 is 19.1 Å². The van der Waals surface area contributed by atoms with Crippen LogP contribution in [0.25, 0.3) is 0 Å². The molecule has 0 aromatic heterocycles. The minimum atomic E-state index is -0.353. The molecule has 2 atom stereocenters. The lowest BCUT2D eigenvalue weighted by Gasteiger charge is -2.39. The number of hydrogen-bond acceptors (Lipinski definition) is 4. The molecule has 148 valence electrons. The Morgan fingerprint density at radius 3 is 2.39 bits per heavy atom. The number of rotatable bonds is 6. The summed E-state index contributed by atoms with van der Waals surface area (Å²) in [5.41, 5.74) is 2.02.